The zero-order valence-corrected chi connectivity index (χ0v) is 10.2. The lowest BCUT2D eigenvalue weighted by molar-refractivity contribution is 0.0692. The van der Waals surface area contributed by atoms with Gasteiger partial charge in [0.05, 0.1) is 0 Å². The predicted molar refractivity (Wildman–Crippen MR) is 67.2 cm³/mol. The SMILES string of the molecule is Cc1cccc(Oc2nccc(C)c2C(=O)O)c1. The summed E-state index contributed by atoms with van der Waals surface area (Å²) in [5, 5.41) is 9.16. The Bertz CT molecular complexity index is 593. The summed E-state index contributed by atoms with van der Waals surface area (Å²) < 4.78 is 5.54. The summed E-state index contributed by atoms with van der Waals surface area (Å²) in [6.07, 6.45) is 1.53. The van der Waals surface area contributed by atoms with E-state index in [1.165, 1.54) is 6.20 Å². The molecule has 0 atom stereocenters. The summed E-state index contributed by atoms with van der Waals surface area (Å²) in [5.41, 5.74) is 1.76. The molecule has 1 heterocycles. The van der Waals surface area contributed by atoms with Crippen molar-refractivity contribution < 1.29 is 14.6 Å². The molecule has 0 aliphatic rings. The zero-order chi connectivity index (χ0) is 13.1. The van der Waals surface area contributed by atoms with Crippen LogP contribution in [0, 0.1) is 13.8 Å². The van der Waals surface area contributed by atoms with Crippen LogP contribution in [-0.4, -0.2) is 16.1 Å². The summed E-state index contributed by atoms with van der Waals surface area (Å²) in [4.78, 5) is 15.2. The van der Waals surface area contributed by atoms with E-state index in [2.05, 4.69) is 4.98 Å². The first-order chi connectivity index (χ1) is 8.58. The van der Waals surface area contributed by atoms with Crippen molar-refractivity contribution in [1.82, 2.24) is 4.98 Å². The number of rotatable bonds is 3. The average molecular weight is 243 g/mol. The molecule has 4 heteroatoms. The maximum absolute atomic E-state index is 11.2. The van der Waals surface area contributed by atoms with Crippen LogP contribution in [0.2, 0.25) is 0 Å². The van der Waals surface area contributed by atoms with Crippen LogP contribution < -0.4 is 4.74 Å². The first kappa shape index (κ1) is 12.1. The van der Waals surface area contributed by atoms with Gasteiger partial charge in [-0.2, -0.15) is 0 Å². The molecule has 0 fully saturated rings. The van der Waals surface area contributed by atoms with Crippen LogP contribution in [0.15, 0.2) is 36.5 Å². The summed E-state index contributed by atoms with van der Waals surface area (Å²) >= 11 is 0. The van der Waals surface area contributed by atoms with Gasteiger partial charge in [-0.3, -0.25) is 0 Å². The molecule has 2 aromatic rings. The lowest BCUT2D eigenvalue weighted by atomic mass is 10.1. The van der Waals surface area contributed by atoms with Gasteiger partial charge in [0, 0.05) is 6.20 Å². The molecule has 0 spiro atoms. The van der Waals surface area contributed by atoms with E-state index in [4.69, 9.17) is 9.84 Å². The topological polar surface area (TPSA) is 59.4 Å². The molecule has 2 rings (SSSR count). The van der Waals surface area contributed by atoms with E-state index < -0.39 is 5.97 Å². The number of carboxylic acid groups (broad SMARTS) is 1. The summed E-state index contributed by atoms with van der Waals surface area (Å²) in [7, 11) is 0. The van der Waals surface area contributed by atoms with Crippen molar-refractivity contribution in [3.63, 3.8) is 0 Å². The minimum absolute atomic E-state index is 0.0963. The van der Waals surface area contributed by atoms with Gasteiger partial charge in [-0.25, -0.2) is 9.78 Å². The average Bonchev–Trinajstić information content (AvgIpc) is 2.28. The molecule has 1 aromatic carbocycles. The Kier molecular flexibility index (Phi) is 3.28. The normalized spacial score (nSPS) is 10.1. The highest BCUT2D eigenvalue weighted by Gasteiger charge is 2.16. The third kappa shape index (κ3) is 2.48. The number of ether oxygens (including phenoxy) is 1. The van der Waals surface area contributed by atoms with Crippen LogP contribution in [-0.2, 0) is 0 Å². The van der Waals surface area contributed by atoms with Crippen molar-refractivity contribution in [2.24, 2.45) is 0 Å². The van der Waals surface area contributed by atoms with Crippen molar-refractivity contribution in [1.29, 1.82) is 0 Å². The van der Waals surface area contributed by atoms with Crippen LogP contribution >= 0.6 is 0 Å². The standard InChI is InChI=1S/C14H13NO3/c1-9-4-3-5-11(8-9)18-13-12(14(16)17)10(2)6-7-15-13/h3-8H,1-2H3,(H,16,17). The minimum Gasteiger partial charge on any atom is -0.477 e. The Morgan fingerprint density at radius 3 is 2.72 bits per heavy atom. The van der Waals surface area contributed by atoms with Crippen LogP contribution in [0.4, 0.5) is 0 Å². The molecule has 0 bridgehead atoms. The number of carboxylic acids is 1. The molecule has 0 radical (unpaired) electrons. The fraction of sp³-hybridized carbons (Fsp3) is 0.143. The van der Waals surface area contributed by atoms with Crippen molar-refractivity contribution >= 4 is 5.97 Å². The van der Waals surface area contributed by atoms with Crippen LogP contribution in [0.3, 0.4) is 0 Å². The van der Waals surface area contributed by atoms with Gasteiger partial charge in [0.2, 0.25) is 5.88 Å². The first-order valence-electron chi connectivity index (χ1n) is 5.51. The maximum Gasteiger partial charge on any atom is 0.341 e. The molecule has 0 amide bonds. The fourth-order valence-electron chi connectivity index (χ4n) is 1.66. The van der Waals surface area contributed by atoms with E-state index >= 15 is 0 Å². The third-order valence-electron chi connectivity index (χ3n) is 2.54. The van der Waals surface area contributed by atoms with Crippen molar-refractivity contribution in [3.05, 3.63) is 53.2 Å². The van der Waals surface area contributed by atoms with Gasteiger partial charge in [0.25, 0.3) is 0 Å². The summed E-state index contributed by atoms with van der Waals surface area (Å²) in [6, 6.07) is 9.03. The largest absolute Gasteiger partial charge is 0.477 e. The number of pyridine rings is 1. The Balaban J connectivity index is 2.40. The molecule has 0 saturated heterocycles. The van der Waals surface area contributed by atoms with E-state index in [1.54, 1.807) is 19.1 Å². The third-order valence-corrected chi connectivity index (χ3v) is 2.54. The highest BCUT2D eigenvalue weighted by atomic mass is 16.5. The summed E-state index contributed by atoms with van der Waals surface area (Å²) in [6.45, 7) is 3.66. The number of carbonyl (C=O) groups is 1. The molecular formula is C14H13NO3. The predicted octanol–water partition coefficient (Wildman–Crippen LogP) is 3.19. The number of nitrogens with zero attached hydrogens (tertiary/aromatic N) is 1. The highest BCUT2D eigenvalue weighted by molar-refractivity contribution is 5.91. The van der Waals surface area contributed by atoms with E-state index in [0.717, 1.165) is 5.56 Å². The fourth-order valence-corrected chi connectivity index (χ4v) is 1.66. The van der Waals surface area contributed by atoms with Crippen molar-refractivity contribution in [2.45, 2.75) is 13.8 Å². The molecule has 4 nitrogen and oxygen atoms in total. The van der Waals surface area contributed by atoms with Gasteiger partial charge < -0.3 is 9.84 Å². The monoisotopic (exact) mass is 243 g/mol. The molecule has 0 unspecified atom stereocenters. The number of aromatic carboxylic acids is 1. The second-order valence-electron chi connectivity index (χ2n) is 4.03. The van der Waals surface area contributed by atoms with Crippen molar-refractivity contribution in [2.75, 3.05) is 0 Å². The van der Waals surface area contributed by atoms with E-state index in [9.17, 15) is 4.79 Å². The molecule has 0 aliphatic carbocycles. The van der Waals surface area contributed by atoms with E-state index in [1.807, 2.05) is 25.1 Å². The Hall–Kier alpha value is -2.36. The van der Waals surface area contributed by atoms with E-state index in [0.29, 0.717) is 11.3 Å². The zero-order valence-electron chi connectivity index (χ0n) is 10.2. The van der Waals surface area contributed by atoms with Crippen molar-refractivity contribution in [3.8, 4) is 11.6 Å². The smallest absolute Gasteiger partial charge is 0.341 e. The Morgan fingerprint density at radius 2 is 2.06 bits per heavy atom. The number of aryl methyl sites for hydroxylation is 2. The van der Waals surface area contributed by atoms with E-state index in [-0.39, 0.29) is 11.4 Å². The number of aromatic nitrogens is 1. The van der Waals surface area contributed by atoms with Gasteiger partial charge >= 0.3 is 5.97 Å². The lowest BCUT2D eigenvalue weighted by Gasteiger charge is -2.09. The molecule has 18 heavy (non-hydrogen) atoms. The second kappa shape index (κ2) is 4.87. The Labute approximate surface area is 105 Å². The lowest BCUT2D eigenvalue weighted by Crippen LogP contribution is -2.04. The second-order valence-corrected chi connectivity index (χ2v) is 4.03. The van der Waals surface area contributed by atoms with Gasteiger partial charge in [-0.05, 0) is 43.2 Å². The summed E-state index contributed by atoms with van der Waals surface area (Å²) in [5.74, 6) is -0.341. The molecular weight excluding hydrogens is 230 g/mol. The molecule has 0 aliphatic heterocycles. The van der Waals surface area contributed by atoms with Crippen LogP contribution in [0.5, 0.6) is 11.6 Å². The minimum atomic E-state index is -1.04. The molecule has 1 aromatic heterocycles. The maximum atomic E-state index is 11.2. The molecule has 92 valence electrons. The quantitative estimate of drug-likeness (QED) is 0.899. The first-order valence-corrected chi connectivity index (χ1v) is 5.51. The molecule has 0 saturated carbocycles. The van der Waals surface area contributed by atoms with Crippen LogP contribution in [0.1, 0.15) is 21.5 Å². The highest BCUT2D eigenvalue weighted by Crippen LogP contribution is 2.25. The number of benzene rings is 1. The number of hydrogen-bond donors (Lipinski definition) is 1. The van der Waals surface area contributed by atoms with Gasteiger partial charge in [0.15, 0.2) is 0 Å². The number of hydrogen-bond acceptors (Lipinski definition) is 3. The van der Waals surface area contributed by atoms with Gasteiger partial charge in [-0.15, -0.1) is 0 Å². The Morgan fingerprint density at radius 1 is 1.28 bits per heavy atom. The van der Waals surface area contributed by atoms with Gasteiger partial charge in [0.1, 0.15) is 11.3 Å². The van der Waals surface area contributed by atoms with Gasteiger partial charge in [-0.1, -0.05) is 12.1 Å². The molecule has 1 N–H and O–H groups in total. The van der Waals surface area contributed by atoms with Crippen LogP contribution in [0.25, 0.3) is 0 Å².